The number of carboxylic acid groups (broad SMARTS) is 1. The number of rotatable bonds is 6. The van der Waals surface area contributed by atoms with Gasteiger partial charge in [0.15, 0.2) is 11.5 Å². The highest BCUT2D eigenvalue weighted by atomic mass is 16.6. The minimum atomic E-state index is -0.990. The molecule has 1 N–H and O–H groups in total. The molecule has 0 spiro atoms. The number of anilines is 2. The van der Waals surface area contributed by atoms with Crippen molar-refractivity contribution >= 4 is 23.3 Å². The van der Waals surface area contributed by atoms with Crippen LogP contribution in [-0.4, -0.2) is 31.2 Å². The van der Waals surface area contributed by atoms with E-state index in [1.807, 2.05) is 37.1 Å². The van der Waals surface area contributed by atoms with E-state index in [0.29, 0.717) is 22.7 Å². The normalized spacial score (nSPS) is 10.3. The number of methoxy groups -OCH3 is 1. The van der Waals surface area contributed by atoms with E-state index in [9.17, 15) is 14.7 Å². The molecule has 6 nitrogen and oxygen atoms in total. The van der Waals surface area contributed by atoms with Gasteiger partial charge in [0, 0.05) is 24.5 Å². The Morgan fingerprint density at radius 3 is 2.21 bits per heavy atom. The Hall–Kier alpha value is -3.80. The van der Waals surface area contributed by atoms with Crippen molar-refractivity contribution in [1.82, 2.24) is 0 Å². The van der Waals surface area contributed by atoms with Crippen molar-refractivity contribution in [1.29, 1.82) is 0 Å². The lowest BCUT2D eigenvalue weighted by molar-refractivity contribution is 0.0694. The zero-order valence-corrected chi connectivity index (χ0v) is 16.4. The molecule has 3 rings (SSSR count). The van der Waals surface area contributed by atoms with Gasteiger partial charge in [-0.15, -0.1) is 0 Å². The minimum absolute atomic E-state index is 0.199. The molecule has 3 aromatic carbocycles. The molecule has 29 heavy (non-hydrogen) atoms. The van der Waals surface area contributed by atoms with Crippen LogP contribution in [0, 0.1) is 6.92 Å². The van der Waals surface area contributed by atoms with E-state index in [1.54, 1.807) is 42.5 Å². The van der Waals surface area contributed by atoms with Gasteiger partial charge in [-0.2, -0.15) is 0 Å². The summed E-state index contributed by atoms with van der Waals surface area (Å²) in [6, 6.07) is 18.9. The van der Waals surface area contributed by atoms with Gasteiger partial charge in [-0.3, -0.25) is 0 Å². The van der Waals surface area contributed by atoms with Crippen molar-refractivity contribution in [3.05, 3.63) is 83.4 Å². The Bertz CT molecular complexity index is 1040. The van der Waals surface area contributed by atoms with E-state index < -0.39 is 11.9 Å². The van der Waals surface area contributed by atoms with E-state index in [2.05, 4.69) is 0 Å². The van der Waals surface area contributed by atoms with Crippen molar-refractivity contribution in [2.75, 3.05) is 19.1 Å². The van der Waals surface area contributed by atoms with Crippen LogP contribution in [-0.2, 0) is 0 Å². The molecular weight excluding hydrogens is 370 g/mol. The number of esters is 1. The van der Waals surface area contributed by atoms with Gasteiger partial charge in [-0.1, -0.05) is 23.8 Å². The van der Waals surface area contributed by atoms with Crippen LogP contribution in [0.25, 0.3) is 0 Å². The SMILES string of the molecule is COc1cc(N(C)c2cccc(C(=O)O)c2)ccc1OC(=O)c1ccc(C)cc1. The Kier molecular flexibility index (Phi) is 5.83. The van der Waals surface area contributed by atoms with Crippen LogP contribution in [0.5, 0.6) is 11.5 Å². The number of aromatic carboxylic acids is 1. The third-order valence-electron chi connectivity index (χ3n) is 4.50. The second-order valence-corrected chi connectivity index (χ2v) is 6.51. The number of ether oxygens (including phenoxy) is 2. The van der Waals surface area contributed by atoms with E-state index in [1.165, 1.54) is 13.2 Å². The third-order valence-corrected chi connectivity index (χ3v) is 4.50. The fourth-order valence-electron chi connectivity index (χ4n) is 2.79. The molecule has 0 aliphatic rings. The van der Waals surface area contributed by atoms with E-state index in [-0.39, 0.29) is 5.56 Å². The molecule has 6 heteroatoms. The summed E-state index contributed by atoms with van der Waals surface area (Å²) in [4.78, 5) is 25.4. The fraction of sp³-hybridized carbons (Fsp3) is 0.130. The molecule has 0 aromatic heterocycles. The first-order valence-corrected chi connectivity index (χ1v) is 8.93. The van der Waals surface area contributed by atoms with Gasteiger partial charge in [-0.05, 0) is 49.4 Å². The van der Waals surface area contributed by atoms with Crippen LogP contribution in [0.15, 0.2) is 66.7 Å². The topological polar surface area (TPSA) is 76.1 Å². The summed E-state index contributed by atoms with van der Waals surface area (Å²) >= 11 is 0. The number of hydrogen-bond acceptors (Lipinski definition) is 5. The lowest BCUT2D eigenvalue weighted by atomic mass is 10.1. The molecule has 0 saturated heterocycles. The molecule has 0 amide bonds. The van der Waals surface area contributed by atoms with Crippen LogP contribution < -0.4 is 14.4 Å². The fourth-order valence-corrected chi connectivity index (χ4v) is 2.79. The van der Waals surface area contributed by atoms with Crippen molar-refractivity contribution in [3.8, 4) is 11.5 Å². The van der Waals surface area contributed by atoms with Gasteiger partial charge in [0.25, 0.3) is 0 Å². The van der Waals surface area contributed by atoms with Crippen molar-refractivity contribution in [2.45, 2.75) is 6.92 Å². The smallest absolute Gasteiger partial charge is 0.343 e. The molecule has 0 fully saturated rings. The summed E-state index contributed by atoms with van der Waals surface area (Å²) in [5.41, 5.74) is 3.16. The second kappa shape index (κ2) is 8.48. The van der Waals surface area contributed by atoms with Gasteiger partial charge >= 0.3 is 11.9 Å². The summed E-state index contributed by atoms with van der Waals surface area (Å²) in [7, 11) is 3.31. The Labute approximate surface area is 168 Å². The zero-order valence-electron chi connectivity index (χ0n) is 16.4. The summed E-state index contributed by atoms with van der Waals surface area (Å²) in [5, 5.41) is 9.19. The Balaban J connectivity index is 1.84. The molecule has 0 bridgehead atoms. The van der Waals surface area contributed by atoms with E-state index in [0.717, 1.165) is 11.3 Å². The first kappa shape index (κ1) is 19.9. The van der Waals surface area contributed by atoms with Crippen molar-refractivity contribution in [2.24, 2.45) is 0 Å². The molecule has 0 saturated carbocycles. The maximum atomic E-state index is 12.4. The number of benzene rings is 3. The number of carbonyl (C=O) groups is 2. The average Bonchev–Trinajstić information content (AvgIpc) is 2.74. The highest BCUT2D eigenvalue weighted by Gasteiger charge is 2.15. The van der Waals surface area contributed by atoms with Crippen LogP contribution >= 0.6 is 0 Å². The number of aryl methyl sites for hydroxylation is 1. The maximum Gasteiger partial charge on any atom is 0.343 e. The van der Waals surface area contributed by atoms with Gasteiger partial charge < -0.3 is 19.5 Å². The van der Waals surface area contributed by atoms with E-state index >= 15 is 0 Å². The lowest BCUT2D eigenvalue weighted by Gasteiger charge is -2.21. The largest absolute Gasteiger partial charge is 0.493 e. The molecule has 0 atom stereocenters. The average molecular weight is 391 g/mol. The molecule has 148 valence electrons. The highest BCUT2D eigenvalue weighted by molar-refractivity contribution is 5.91. The monoisotopic (exact) mass is 391 g/mol. The summed E-state index contributed by atoms with van der Waals surface area (Å²) in [6.07, 6.45) is 0. The highest BCUT2D eigenvalue weighted by Crippen LogP contribution is 2.34. The van der Waals surface area contributed by atoms with Crippen LogP contribution in [0.1, 0.15) is 26.3 Å². The summed E-state index contributed by atoms with van der Waals surface area (Å²) < 4.78 is 10.9. The molecule has 0 heterocycles. The second-order valence-electron chi connectivity index (χ2n) is 6.51. The quantitative estimate of drug-likeness (QED) is 0.485. The third kappa shape index (κ3) is 4.55. The van der Waals surface area contributed by atoms with Crippen LogP contribution in [0.3, 0.4) is 0 Å². The minimum Gasteiger partial charge on any atom is -0.493 e. The summed E-state index contributed by atoms with van der Waals surface area (Å²) in [6.45, 7) is 1.94. The molecular formula is C23H21NO5. The standard InChI is InChI=1S/C23H21NO5/c1-15-7-9-16(10-8-15)23(27)29-20-12-11-19(14-21(20)28-3)24(2)18-6-4-5-17(13-18)22(25)26/h4-14H,1-3H3,(H,25,26). The van der Waals surface area contributed by atoms with Gasteiger partial charge in [0.05, 0.1) is 18.2 Å². The molecule has 0 unspecified atom stereocenters. The van der Waals surface area contributed by atoms with Crippen LogP contribution in [0.4, 0.5) is 11.4 Å². The number of nitrogens with zero attached hydrogens (tertiary/aromatic N) is 1. The van der Waals surface area contributed by atoms with Gasteiger partial charge in [0.2, 0.25) is 0 Å². The van der Waals surface area contributed by atoms with Crippen molar-refractivity contribution < 1.29 is 24.2 Å². The zero-order chi connectivity index (χ0) is 21.0. The van der Waals surface area contributed by atoms with E-state index in [4.69, 9.17) is 9.47 Å². The number of hydrogen-bond donors (Lipinski definition) is 1. The Morgan fingerprint density at radius 1 is 0.862 bits per heavy atom. The predicted molar refractivity (Wildman–Crippen MR) is 111 cm³/mol. The Morgan fingerprint density at radius 2 is 1.55 bits per heavy atom. The lowest BCUT2D eigenvalue weighted by Crippen LogP contribution is -2.12. The van der Waals surface area contributed by atoms with Crippen molar-refractivity contribution in [3.63, 3.8) is 0 Å². The van der Waals surface area contributed by atoms with Gasteiger partial charge in [-0.25, -0.2) is 9.59 Å². The molecule has 0 aliphatic carbocycles. The number of carbonyl (C=O) groups excluding carboxylic acids is 1. The summed E-state index contributed by atoms with van der Waals surface area (Å²) in [5.74, 6) is -0.770. The van der Waals surface area contributed by atoms with Gasteiger partial charge in [0.1, 0.15) is 0 Å². The first-order chi connectivity index (χ1) is 13.9. The predicted octanol–water partition coefficient (Wildman–Crippen LogP) is 4.69. The molecule has 3 aromatic rings. The number of carboxylic acids is 1. The molecule has 0 aliphatic heterocycles. The first-order valence-electron chi connectivity index (χ1n) is 8.93. The maximum absolute atomic E-state index is 12.4. The van der Waals surface area contributed by atoms with Crippen LogP contribution in [0.2, 0.25) is 0 Å². The molecule has 0 radical (unpaired) electrons.